The molecular weight excluding hydrogens is 376 g/mol. The van der Waals surface area contributed by atoms with Crippen molar-refractivity contribution >= 4 is 27.2 Å². The quantitative estimate of drug-likeness (QED) is 0.556. The number of benzene rings is 1. The van der Waals surface area contributed by atoms with Crippen LogP contribution in [0.5, 0.6) is 5.88 Å². The first-order chi connectivity index (χ1) is 12.1. The molecule has 2 aromatic rings. The minimum atomic E-state index is -3.47. The topological polar surface area (TPSA) is 78.3 Å². The van der Waals surface area contributed by atoms with Crippen molar-refractivity contribution in [1.82, 2.24) is 9.78 Å². The molecule has 1 heterocycles. The minimum Gasteiger partial charge on any atom is -0.464 e. The third-order valence-corrected chi connectivity index (χ3v) is 5.72. The van der Waals surface area contributed by atoms with Crippen molar-refractivity contribution in [3.05, 3.63) is 39.5 Å². The van der Waals surface area contributed by atoms with Crippen LogP contribution in [0.1, 0.15) is 34.0 Å². The molecule has 0 spiro atoms. The average Bonchev–Trinajstić information content (AvgIpc) is 2.97. The highest BCUT2D eigenvalue weighted by Gasteiger charge is 2.26. The van der Waals surface area contributed by atoms with Crippen molar-refractivity contribution < 1.29 is 17.9 Å². The molecule has 0 saturated heterocycles. The number of carbonyl (C=O) groups is 1. The van der Waals surface area contributed by atoms with Crippen LogP contribution in [0, 0.1) is 26.2 Å². The zero-order valence-corrected chi connectivity index (χ0v) is 16.5. The second kappa shape index (κ2) is 7.52. The van der Waals surface area contributed by atoms with E-state index >= 15 is 0 Å². The zero-order valence-electron chi connectivity index (χ0n) is 15.0. The van der Waals surface area contributed by atoms with Gasteiger partial charge >= 0.3 is 0 Å². The van der Waals surface area contributed by atoms with Crippen LogP contribution >= 0.6 is 11.6 Å². The van der Waals surface area contributed by atoms with Crippen molar-refractivity contribution in [3.63, 3.8) is 0 Å². The van der Waals surface area contributed by atoms with E-state index in [1.807, 2.05) is 6.92 Å². The van der Waals surface area contributed by atoms with Crippen molar-refractivity contribution in [3.8, 4) is 18.2 Å². The SMILES string of the molecule is C#CCOc1c(C(=O)c2cc(C)c(S(C)(=O)=O)c(C)c2Cl)cnn1CC. The number of halogens is 1. The lowest BCUT2D eigenvalue weighted by atomic mass is 10.0. The van der Waals surface area contributed by atoms with Gasteiger partial charge in [0, 0.05) is 18.4 Å². The van der Waals surface area contributed by atoms with Gasteiger partial charge in [0.15, 0.2) is 16.4 Å². The van der Waals surface area contributed by atoms with E-state index in [1.54, 1.807) is 13.8 Å². The number of nitrogens with zero attached hydrogens (tertiary/aromatic N) is 2. The first-order valence-electron chi connectivity index (χ1n) is 7.80. The fourth-order valence-corrected chi connectivity index (χ4v) is 4.43. The van der Waals surface area contributed by atoms with E-state index in [-0.39, 0.29) is 33.5 Å². The van der Waals surface area contributed by atoms with E-state index < -0.39 is 15.6 Å². The largest absolute Gasteiger partial charge is 0.464 e. The summed E-state index contributed by atoms with van der Waals surface area (Å²) in [6, 6.07) is 1.47. The molecule has 1 aromatic carbocycles. The van der Waals surface area contributed by atoms with Gasteiger partial charge < -0.3 is 4.74 Å². The molecule has 0 aliphatic heterocycles. The van der Waals surface area contributed by atoms with Crippen molar-refractivity contribution in [2.24, 2.45) is 0 Å². The number of ketones is 1. The van der Waals surface area contributed by atoms with E-state index in [9.17, 15) is 13.2 Å². The predicted molar refractivity (Wildman–Crippen MR) is 99.7 cm³/mol. The van der Waals surface area contributed by atoms with Crippen LogP contribution in [0.3, 0.4) is 0 Å². The molecule has 0 atom stereocenters. The van der Waals surface area contributed by atoms with Crippen LogP contribution in [0.2, 0.25) is 5.02 Å². The molecule has 0 aliphatic rings. The lowest BCUT2D eigenvalue weighted by Crippen LogP contribution is -2.11. The van der Waals surface area contributed by atoms with Gasteiger partial charge in [-0.2, -0.15) is 5.10 Å². The van der Waals surface area contributed by atoms with E-state index in [1.165, 1.54) is 16.9 Å². The summed E-state index contributed by atoms with van der Waals surface area (Å²) in [6.45, 7) is 5.54. The Morgan fingerprint density at radius 3 is 2.58 bits per heavy atom. The van der Waals surface area contributed by atoms with Crippen LogP contribution in [0.4, 0.5) is 0 Å². The highest BCUT2D eigenvalue weighted by Crippen LogP contribution is 2.33. The molecule has 8 heteroatoms. The molecular formula is C18H19ClN2O4S. The van der Waals surface area contributed by atoms with Gasteiger partial charge in [0.1, 0.15) is 5.56 Å². The fourth-order valence-electron chi connectivity index (χ4n) is 2.84. The molecule has 0 amide bonds. The van der Waals surface area contributed by atoms with E-state index in [4.69, 9.17) is 22.8 Å². The summed E-state index contributed by atoms with van der Waals surface area (Å²) >= 11 is 6.33. The molecule has 0 fully saturated rings. The molecule has 26 heavy (non-hydrogen) atoms. The maximum Gasteiger partial charge on any atom is 0.224 e. The summed E-state index contributed by atoms with van der Waals surface area (Å²) in [5.74, 6) is 2.20. The number of sulfone groups is 1. The Morgan fingerprint density at radius 1 is 1.38 bits per heavy atom. The molecule has 138 valence electrons. The molecule has 0 saturated carbocycles. The lowest BCUT2D eigenvalue weighted by Gasteiger charge is -2.14. The number of hydrogen-bond donors (Lipinski definition) is 0. The third-order valence-electron chi connectivity index (χ3n) is 3.87. The van der Waals surface area contributed by atoms with Crippen LogP contribution in [-0.4, -0.2) is 36.8 Å². The Morgan fingerprint density at radius 2 is 2.04 bits per heavy atom. The Labute approximate surface area is 158 Å². The van der Waals surface area contributed by atoms with E-state index in [0.717, 1.165) is 6.26 Å². The summed E-state index contributed by atoms with van der Waals surface area (Å²) in [4.78, 5) is 13.2. The number of aryl methyl sites for hydroxylation is 2. The Hall–Kier alpha value is -2.30. The molecule has 0 aliphatic carbocycles. The number of ether oxygens (including phenoxy) is 1. The van der Waals surface area contributed by atoms with Crippen molar-refractivity contribution in [2.75, 3.05) is 12.9 Å². The average molecular weight is 395 g/mol. The lowest BCUT2D eigenvalue weighted by molar-refractivity contribution is 0.103. The Balaban J connectivity index is 2.63. The molecule has 0 radical (unpaired) electrons. The molecule has 1 aromatic heterocycles. The summed E-state index contributed by atoms with van der Waals surface area (Å²) < 4.78 is 31.0. The summed E-state index contributed by atoms with van der Waals surface area (Å²) in [7, 11) is -3.47. The van der Waals surface area contributed by atoms with E-state index in [0.29, 0.717) is 17.7 Å². The van der Waals surface area contributed by atoms with Crippen molar-refractivity contribution in [2.45, 2.75) is 32.2 Å². The first kappa shape index (κ1) is 20.0. The smallest absolute Gasteiger partial charge is 0.224 e. The molecule has 0 bridgehead atoms. The van der Waals surface area contributed by atoms with Gasteiger partial charge in [0.05, 0.1) is 16.1 Å². The van der Waals surface area contributed by atoms with Gasteiger partial charge in [-0.1, -0.05) is 17.5 Å². The summed E-state index contributed by atoms with van der Waals surface area (Å²) in [5, 5.41) is 4.22. The van der Waals surface area contributed by atoms with Crippen LogP contribution in [0.25, 0.3) is 0 Å². The maximum atomic E-state index is 13.0. The first-order valence-corrected chi connectivity index (χ1v) is 10.1. The molecule has 2 rings (SSSR count). The van der Waals surface area contributed by atoms with E-state index in [2.05, 4.69) is 11.0 Å². The number of carbonyl (C=O) groups excluding carboxylic acids is 1. The second-order valence-corrected chi connectivity index (χ2v) is 8.11. The van der Waals surface area contributed by atoms with Crippen molar-refractivity contribution in [1.29, 1.82) is 0 Å². The highest BCUT2D eigenvalue weighted by atomic mass is 35.5. The third kappa shape index (κ3) is 3.62. The van der Waals surface area contributed by atoms with Gasteiger partial charge in [-0.25, -0.2) is 13.1 Å². The van der Waals surface area contributed by atoms with Crippen LogP contribution in [0.15, 0.2) is 17.2 Å². The minimum absolute atomic E-state index is 0.00915. The molecule has 6 nitrogen and oxygen atoms in total. The monoisotopic (exact) mass is 394 g/mol. The number of hydrogen-bond acceptors (Lipinski definition) is 5. The van der Waals surface area contributed by atoms with Gasteiger partial charge in [-0.05, 0) is 38.0 Å². The molecule has 0 N–H and O–H groups in total. The number of aromatic nitrogens is 2. The normalized spacial score (nSPS) is 11.2. The summed E-state index contributed by atoms with van der Waals surface area (Å²) in [6.07, 6.45) is 7.73. The zero-order chi connectivity index (χ0) is 19.6. The van der Waals surface area contributed by atoms with Crippen LogP contribution < -0.4 is 4.74 Å². The molecule has 0 unspecified atom stereocenters. The van der Waals surface area contributed by atoms with Gasteiger partial charge in [0.2, 0.25) is 11.7 Å². The second-order valence-electron chi connectivity index (χ2n) is 5.78. The van der Waals surface area contributed by atoms with Crippen LogP contribution in [-0.2, 0) is 16.4 Å². The Bertz CT molecular complexity index is 1020. The summed E-state index contributed by atoms with van der Waals surface area (Å²) in [5.41, 5.74) is 1.20. The number of terminal acetylenes is 1. The number of rotatable bonds is 6. The fraction of sp³-hybridized carbons (Fsp3) is 0.333. The van der Waals surface area contributed by atoms with Gasteiger partial charge in [-0.3, -0.25) is 4.79 Å². The standard InChI is InChI=1S/C18H19ClN2O4S/c1-6-8-25-18-14(10-20-21(18)7-2)16(22)13-9-11(3)17(26(5,23)24)12(4)15(13)19/h1,9-10H,7-8H2,2-5H3. The van der Waals surface area contributed by atoms with Gasteiger partial charge in [0.25, 0.3) is 0 Å². The Kier molecular flexibility index (Phi) is 5.79. The van der Waals surface area contributed by atoms with Gasteiger partial charge in [-0.15, -0.1) is 6.42 Å². The highest BCUT2D eigenvalue weighted by molar-refractivity contribution is 7.90. The predicted octanol–water partition coefficient (Wildman–Crippen LogP) is 2.82. The maximum absolute atomic E-state index is 13.0.